The average molecular weight is 292 g/mol. The molecular formula is C14H16N2O3S. The molecule has 20 heavy (non-hydrogen) atoms. The zero-order valence-electron chi connectivity index (χ0n) is 11.4. The maximum atomic E-state index is 12.0. The van der Waals surface area contributed by atoms with E-state index in [0.29, 0.717) is 5.69 Å². The van der Waals surface area contributed by atoms with Crippen LogP contribution in [0, 0.1) is 13.8 Å². The monoisotopic (exact) mass is 292 g/mol. The van der Waals surface area contributed by atoms with E-state index >= 15 is 0 Å². The fourth-order valence-electron chi connectivity index (χ4n) is 1.92. The van der Waals surface area contributed by atoms with Crippen LogP contribution in [0.4, 0.5) is 5.69 Å². The van der Waals surface area contributed by atoms with E-state index in [-0.39, 0.29) is 35.8 Å². The number of thioether (sulfide) groups is 1. The number of imide groups is 1. The van der Waals surface area contributed by atoms with Crippen molar-refractivity contribution >= 4 is 35.2 Å². The Morgan fingerprint density at radius 2 is 1.90 bits per heavy atom. The normalized spacial score (nSPS) is 15.4. The first-order chi connectivity index (χ1) is 9.49. The molecule has 1 aliphatic rings. The number of benzene rings is 1. The Morgan fingerprint density at radius 1 is 1.25 bits per heavy atom. The number of rotatable bonds is 3. The summed E-state index contributed by atoms with van der Waals surface area (Å²) in [6, 6.07) is 5.61. The van der Waals surface area contributed by atoms with Gasteiger partial charge in [0.25, 0.3) is 0 Å². The molecule has 1 N–H and O–H groups in total. The van der Waals surface area contributed by atoms with Gasteiger partial charge in [-0.1, -0.05) is 12.1 Å². The van der Waals surface area contributed by atoms with Crippen molar-refractivity contribution < 1.29 is 14.4 Å². The molecule has 0 atom stereocenters. The van der Waals surface area contributed by atoms with Gasteiger partial charge in [0.1, 0.15) is 6.54 Å². The molecule has 0 aliphatic carbocycles. The van der Waals surface area contributed by atoms with Crippen LogP contribution in [-0.2, 0) is 14.4 Å². The second kappa shape index (κ2) is 6.09. The molecule has 1 heterocycles. The van der Waals surface area contributed by atoms with E-state index < -0.39 is 0 Å². The molecule has 0 bridgehead atoms. The second-order valence-electron chi connectivity index (χ2n) is 4.66. The van der Waals surface area contributed by atoms with Crippen molar-refractivity contribution in [3.05, 3.63) is 29.3 Å². The molecule has 0 radical (unpaired) electrons. The van der Waals surface area contributed by atoms with E-state index in [2.05, 4.69) is 5.32 Å². The Bertz CT molecular complexity index is 556. The lowest BCUT2D eigenvalue weighted by Gasteiger charge is -2.24. The molecule has 5 nitrogen and oxygen atoms in total. The van der Waals surface area contributed by atoms with Gasteiger partial charge in [-0.3, -0.25) is 19.3 Å². The predicted octanol–water partition coefficient (Wildman–Crippen LogP) is 1.34. The molecule has 1 fully saturated rings. The van der Waals surface area contributed by atoms with Crippen LogP contribution in [0.15, 0.2) is 18.2 Å². The molecule has 0 unspecified atom stereocenters. The fraction of sp³-hybridized carbons (Fsp3) is 0.357. The number of amides is 3. The molecule has 1 aromatic rings. The molecular weight excluding hydrogens is 276 g/mol. The Labute approximate surface area is 121 Å². The lowest BCUT2D eigenvalue weighted by molar-refractivity contribution is -0.144. The van der Waals surface area contributed by atoms with Crippen molar-refractivity contribution in [2.75, 3.05) is 23.4 Å². The molecule has 6 heteroatoms. The minimum absolute atomic E-state index is 0.217. The molecule has 0 aromatic heterocycles. The molecule has 0 spiro atoms. The molecule has 1 aromatic carbocycles. The summed E-state index contributed by atoms with van der Waals surface area (Å²) in [5.41, 5.74) is 2.76. The van der Waals surface area contributed by atoms with Crippen LogP contribution in [0.3, 0.4) is 0 Å². The highest BCUT2D eigenvalue weighted by Gasteiger charge is 2.28. The smallest absolute Gasteiger partial charge is 0.244 e. The van der Waals surface area contributed by atoms with Gasteiger partial charge >= 0.3 is 0 Å². The number of hydrogen-bond donors (Lipinski definition) is 1. The summed E-state index contributed by atoms with van der Waals surface area (Å²) in [7, 11) is 0. The van der Waals surface area contributed by atoms with Crippen molar-refractivity contribution in [1.29, 1.82) is 0 Å². The third-order valence-corrected chi connectivity index (χ3v) is 4.14. The standard InChI is InChI=1S/C14H16N2O3S/c1-9-4-3-5-11(10(9)2)15-12(17)6-16-13(18)7-20-8-14(16)19/h3-5H,6-8H2,1-2H3,(H,15,17). The number of carbonyl (C=O) groups excluding carboxylic acids is 3. The van der Waals surface area contributed by atoms with Gasteiger partial charge in [-0.15, -0.1) is 11.8 Å². The number of nitrogens with zero attached hydrogens (tertiary/aromatic N) is 1. The quantitative estimate of drug-likeness (QED) is 0.854. The zero-order valence-corrected chi connectivity index (χ0v) is 12.3. The predicted molar refractivity (Wildman–Crippen MR) is 78.6 cm³/mol. The van der Waals surface area contributed by atoms with Gasteiger partial charge < -0.3 is 5.32 Å². The van der Waals surface area contributed by atoms with Gasteiger partial charge in [-0.2, -0.15) is 0 Å². The molecule has 2 rings (SSSR count). The second-order valence-corrected chi connectivity index (χ2v) is 5.65. The molecule has 1 aliphatic heterocycles. The maximum Gasteiger partial charge on any atom is 0.244 e. The minimum Gasteiger partial charge on any atom is -0.324 e. The minimum atomic E-state index is -0.354. The van der Waals surface area contributed by atoms with Crippen LogP contribution >= 0.6 is 11.8 Å². The first-order valence-corrected chi connectivity index (χ1v) is 7.41. The van der Waals surface area contributed by atoms with Crippen LogP contribution in [0.5, 0.6) is 0 Å². The van der Waals surface area contributed by atoms with Gasteiger partial charge in [-0.05, 0) is 31.0 Å². The van der Waals surface area contributed by atoms with Gasteiger partial charge in [0.15, 0.2) is 0 Å². The Balaban J connectivity index is 2.03. The highest BCUT2D eigenvalue weighted by Crippen LogP contribution is 2.18. The first kappa shape index (κ1) is 14.6. The van der Waals surface area contributed by atoms with Crippen molar-refractivity contribution in [2.24, 2.45) is 0 Å². The van der Waals surface area contributed by atoms with E-state index in [1.165, 1.54) is 11.8 Å². The number of anilines is 1. The average Bonchev–Trinajstić information content (AvgIpc) is 2.39. The van der Waals surface area contributed by atoms with E-state index in [1.807, 2.05) is 26.0 Å². The largest absolute Gasteiger partial charge is 0.324 e. The number of hydrogen-bond acceptors (Lipinski definition) is 4. The maximum absolute atomic E-state index is 12.0. The van der Waals surface area contributed by atoms with E-state index in [9.17, 15) is 14.4 Å². The van der Waals surface area contributed by atoms with Crippen LogP contribution in [0.25, 0.3) is 0 Å². The Morgan fingerprint density at radius 3 is 2.55 bits per heavy atom. The molecule has 3 amide bonds. The van der Waals surface area contributed by atoms with Crippen LogP contribution in [0.1, 0.15) is 11.1 Å². The number of carbonyl (C=O) groups is 3. The van der Waals surface area contributed by atoms with Crippen molar-refractivity contribution in [1.82, 2.24) is 4.90 Å². The van der Waals surface area contributed by atoms with Crippen LogP contribution in [-0.4, -0.2) is 40.7 Å². The van der Waals surface area contributed by atoms with E-state index in [4.69, 9.17) is 0 Å². The SMILES string of the molecule is Cc1cccc(NC(=O)CN2C(=O)CSCC2=O)c1C. The molecule has 1 saturated heterocycles. The van der Waals surface area contributed by atoms with E-state index in [0.717, 1.165) is 16.0 Å². The Kier molecular flexibility index (Phi) is 4.44. The summed E-state index contributed by atoms with van der Waals surface area (Å²) in [6.07, 6.45) is 0. The van der Waals surface area contributed by atoms with Crippen molar-refractivity contribution in [2.45, 2.75) is 13.8 Å². The third-order valence-electron chi connectivity index (χ3n) is 3.23. The summed E-state index contributed by atoms with van der Waals surface area (Å²) >= 11 is 1.28. The molecule has 0 saturated carbocycles. The topological polar surface area (TPSA) is 66.5 Å². The summed E-state index contributed by atoms with van der Waals surface area (Å²) < 4.78 is 0. The summed E-state index contributed by atoms with van der Waals surface area (Å²) in [4.78, 5) is 36.2. The highest BCUT2D eigenvalue weighted by molar-refractivity contribution is 8.00. The summed E-state index contributed by atoms with van der Waals surface area (Å²) in [5, 5.41) is 2.75. The lowest BCUT2D eigenvalue weighted by atomic mass is 10.1. The van der Waals surface area contributed by atoms with Crippen molar-refractivity contribution in [3.8, 4) is 0 Å². The first-order valence-electron chi connectivity index (χ1n) is 6.26. The number of nitrogens with one attached hydrogen (secondary N) is 1. The van der Waals surface area contributed by atoms with Gasteiger partial charge in [0.05, 0.1) is 11.5 Å². The third kappa shape index (κ3) is 3.19. The van der Waals surface area contributed by atoms with Gasteiger partial charge in [-0.25, -0.2) is 0 Å². The van der Waals surface area contributed by atoms with Crippen LogP contribution < -0.4 is 5.32 Å². The van der Waals surface area contributed by atoms with E-state index in [1.54, 1.807) is 6.07 Å². The van der Waals surface area contributed by atoms with Gasteiger partial charge in [0.2, 0.25) is 17.7 Å². The van der Waals surface area contributed by atoms with Crippen LogP contribution in [0.2, 0.25) is 0 Å². The zero-order chi connectivity index (χ0) is 14.7. The Hall–Kier alpha value is -1.82. The number of aryl methyl sites for hydroxylation is 1. The lowest BCUT2D eigenvalue weighted by Crippen LogP contribution is -2.46. The van der Waals surface area contributed by atoms with Gasteiger partial charge in [0, 0.05) is 5.69 Å². The highest BCUT2D eigenvalue weighted by atomic mass is 32.2. The fourth-order valence-corrected chi connectivity index (χ4v) is 2.68. The summed E-state index contributed by atoms with van der Waals surface area (Å²) in [6.45, 7) is 3.66. The summed E-state index contributed by atoms with van der Waals surface area (Å²) in [5.74, 6) is -0.456. The molecule has 106 valence electrons. The van der Waals surface area contributed by atoms with Crippen molar-refractivity contribution in [3.63, 3.8) is 0 Å².